The monoisotopic (exact) mass is 328 g/mol. The topological polar surface area (TPSA) is 67.1 Å². The molecule has 0 bridgehead atoms. The molecule has 0 fully saturated rings. The second kappa shape index (κ2) is 10.4. The Morgan fingerprint density at radius 1 is 1.12 bits per heavy atom. The summed E-state index contributed by atoms with van der Waals surface area (Å²) in [7, 11) is 0. The van der Waals surface area contributed by atoms with Crippen molar-refractivity contribution < 1.29 is 0 Å². The highest BCUT2D eigenvalue weighted by Gasteiger charge is 2.02. The summed E-state index contributed by atoms with van der Waals surface area (Å²) in [4.78, 5) is 4.68. The summed E-state index contributed by atoms with van der Waals surface area (Å²) in [6.45, 7) is 7.51. The molecule has 0 amide bonds. The summed E-state index contributed by atoms with van der Waals surface area (Å²) >= 11 is 0. The van der Waals surface area contributed by atoms with Crippen molar-refractivity contribution in [3.63, 3.8) is 0 Å². The number of hydrogen-bond acceptors (Lipinski definition) is 3. The summed E-state index contributed by atoms with van der Waals surface area (Å²) in [5.74, 6) is 1.87. The van der Waals surface area contributed by atoms with Crippen LogP contribution in [0.5, 0.6) is 0 Å². The van der Waals surface area contributed by atoms with Crippen molar-refractivity contribution in [3.8, 4) is 0 Å². The number of nitrogens with zero attached hydrogens (tertiary/aromatic N) is 4. The molecule has 0 unspecified atom stereocenters. The molecule has 2 N–H and O–H groups in total. The normalized spacial score (nSPS) is 11.5. The van der Waals surface area contributed by atoms with Gasteiger partial charge in [-0.3, -0.25) is 0 Å². The molecule has 6 heteroatoms. The van der Waals surface area contributed by atoms with Gasteiger partial charge in [0.2, 0.25) is 0 Å². The Bertz CT molecular complexity index is 605. The molecule has 0 atom stereocenters. The summed E-state index contributed by atoms with van der Waals surface area (Å²) in [5, 5.41) is 14.9. The van der Waals surface area contributed by atoms with Gasteiger partial charge in [-0.1, -0.05) is 50.6 Å². The Hall–Kier alpha value is -2.37. The van der Waals surface area contributed by atoms with Crippen LogP contribution in [0.25, 0.3) is 0 Å². The van der Waals surface area contributed by atoms with Crippen molar-refractivity contribution in [2.75, 3.05) is 13.1 Å². The molecule has 1 heterocycles. The Labute approximate surface area is 144 Å². The number of nitrogens with one attached hydrogen (secondary N) is 2. The zero-order valence-electron chi connectivity index (χ0n) is 14.7. The highest BCUT2D eigenvalue weighted by molar-refractivity contribution is 5.79. The first-order valence-electron chi connectivity index (χ1n) is 8.76. The van der Waals surface area contributed by atoms with Crippen molar-refractivity contribution in [1.29, 1.82) is 0 Å². The molecular formula is C18H28N6. The van der Waals surface area contributed by atoms with Crippen molar-refractivity contribution >= 4 is 5.96 Å². The highest BCUT2D eigenvalue weighted by atomic mass is 15.3. The molecule has 0 spiro atoms. The summed E-state index contributed by atoms with van der Waals surface area (Å²) < 4.78 is 2.08. The molecule has 6 nitrogen and oxygen atoms in total. The molecule has 0 aliphatic carbocycles. The lowest BCUT2D eigenvalue weighted by Gasteiger charge is -2.13. The molecular weight excluding hydrogens is 300 g/mol. The molecule has 1 aromatic carbocycles. The van der Waals surface area contributed by atoms with Gasteiger partial charge < -0.3 is 15.2 Å². The first kappa shape index (κ1) is 18.0. The van der Waals surface area contributed by atoms with Crippen LogP contribution in [0, 0.1) is 0 Å². The third-order valence-corrected chi connectivity index (χ3v) is 3.74. The van der Waals surface area contributed by atoms with Gasteiger partial charge in [0.05, 0.1) is 6.54 Å². The van der Waals surface area contributed by atoms with E-state index in [-0.39, 0.29) is 0 Å². The lowest BCUT2D eigenvalue weighted by Crippen LogP contribution is -2.39. The predicted octanol–water partition coefficient (Wildman–Crippen LogP) is 2.38. The molecule has 0 saturated carbocycles. The third-order valence-electron chi connectivity index (χ3n) is 3.74. The maximum Gasteiger partial charge on any atom is 0.191 e. The highest BCUT2D eigenvalue weighted by Crippen LogP contribution is 2.00. The second-order valence-corrected chi connectivity index (χ2v) is 5.65. The van der Waals surface area contributed by atoms with Crippen LogP contribution in [0.1, 0.15) is 38.1 Å². The van der Waals surface area contributed by atoms with Gasteiger partial charge in [0, 0.05) is 26.1 Å². The number of guanidine groups is 1. The van der Waals surface area contributed by atoms with Gasteiger partial charge in [0.25, 0.3) is 0 Å². The Morgan fingerprint density at radius 2 is 1.92 bits per heavy atom. The van der Waals surface area contributed by atoms with Crippen LogP contribution in [0.4, 0.5) is 0 Å². The van der Waals surface area contributed by atoms with Gasteiger partial charge in [-0.25, -0.2) is 4.99 Å². The predicted molar refractivity (Wildman–Crippen MR) is 97.9 cm³/mol. The van der Waals surface area contributed by atoms with Crippen LogP contribution in [-0.4, -0.2) is 33.8 Å². The van der Waals surface area contributed by atoms with E-state index in [0.29, 0.717) is 6.54 Å². The van der Waals surface area contributed by atoms with Crippen molar-refractivity contribution in [2.24, 2.45) is 4.99 Å². The van der Waals surface area contributed by atoms with E-state index in [1.54, 1.807) is 6.33 Å². The van der Waals surface area contributed by atoms with E-state index >= 15 is 0 Å². The van der Waals surface area contributed by atoms with Gasteiger partial charge in [-0.15, -0.1) is 10.2 Å². The Morgan fingerprint density at radius 3 is 2.67 bits per heavy atom. The number of aryl methyl sites for hydroxylation is 1. The van der Waals surface area contributed by atoms with Crippen LogP contribution < -0.4 is 10.6 Å². The Kier molecular flexibility index (Phi) is 7.80. The number of benzene rings is 1. The van der Waals surface area contributed by atoms with E-state index in [1.165, 1.54) is 12.0 Å². The fourth-order valence-corrected chi connectivity index (χ4v) is 2.35. The van der Waals surface area contributed by atoms with E-state index in [1.807, 2.05) is 18.2 Å². The van der Waals surface area contributed by atoms with E-state index in [9.17, 15) is 0 Å². The van der Waals surface area contributed by atoms with Crippen LogP contribution in [0.3, 0.4) is 0 Å². The lowest BCUT2D eigenvalue weighted by atomic mass is 10.2. The molecule has 1 aromatic heterocycles. The zero-order valence-corrected chi connectivity index (χ0v) is 14.7. The molecule has 0 aliphatic rings. The minimum absolute atomic E-state index is 0.676. The Balaban J connectivity index is 1.87. The van der Waals surface area contributed by atoms with E-state index in [4.69, 9.17) is 0 Å². The fraction of sp³-hybridized carbons (Fsp3) is 0.500. The van der Waals surface area contributed by atoms with E-state index in [0.717, 1.165) is 44.3 Å². The van der Waals surface area contributed by atoms with Crippen molar-refractivity contribution in [1.82, 2.24) is 25.4 Å². The number of aromatic nitrogens is 3. The summed E-state index contributed by atoms with van der Waals surface area (Å²) in [6, 6.07) is 10.3. The number of hydrogen-bond donors (Lipinski definition) is 2. The van der Waals surface area contributed by atoms with Crippen molar-refractivity contribution in [3.05, 3.63) is 48.0 Å². The third kappa shape index (κ3) is 6.02. The van der Waals surface area contributed by atoms with Gasteiger partial charge >= 0.3 is 0 Å². The summed E-state index contributed by atoms with van der Waals surface area (Å²) in [5.41, 5.74) is 1.21. The first-order chi connectivity index (χ1) is 11.8. The quantitative estimate of drug-likeness (QED) is 0.421. The zero-order chi connectivity index (χ0) is 17.0. The summed E-state index contributed by atoms with van der Waals surface area (Å²) in [6.07, 6.45) is 4.98. The van der Waals surface area contributed by atoms with Gasteiger partial charge in [-0.2, -0.15) is 0 Å². The van der Waals surface area contributed by atoms with Crippen LogP contribution in [-0.2, 0) is 19.5 Å². The lowest BCUT2D eigenvalue weighted by molar-refractivity contribution is 0.628. The maximum atomic E-state index is 4.68. The molecule has 130 valence electrons. The van der Waals surface area contributed by atoms with Gasteiger partial charge in [0.1, 0.15) is 12.2 Å². The van der Waals surface area contributed by atoms with Gasteiger partial charge in [-0.05, 0) is 12.0 Å². The van der Waals surface area contributed by atoms with Crippen molar-refractivity contribution in [2.45, 2.75) is 46.2 Å². The standard InChI is InChI=1S/C18H28N6/c1-3-5-11-19-18(21-14-16-9-7-6-8-10-16)20-12-13-24-15-22-23-17(24)4-2/h6-10,15H,3-5,11-14H2,1-2H3,(H2,19,20,21). The molecule has 2 rings (SSSR count). The largest absolute Gasteiger partial charge is 0.356 e. The SMILES string of the molecule is CCCCNC(=NCc1ccccc1)NCCn1cnnc1CC. The first-order valence-corrected chi connectivity index (χ1v) is 8.76. The molecule has 2 aromatic rings. The number of unbranched alkanes of at least 4 members (excludes halogenated alkanes) is 1. The van der Waals surface area contributed by atoms with E-state index in [2.05, 4.69) is 56.4 Å². The molecule has 0 radical (unpaired) electrons. The minimum atomic E-state index is 0.676. The number of rotatable bonds is 9. The molecule has 24 heavy (non-hydrogen) atoms. The van der Waals surface area contributed by atoms with Gasteiger partial charge in [0.15, 0.2) is 5.96 Å². The maximum absolute atomic E-state index is 4.68. The average molecular weight is 328 g/mol. The van der Waals surface area contributed by atoms with Crippen LogP contribution in [0.15, 0.2) is 41.7 Å². The molecule has 0 saturated heterocycles. The fourth-order valence-electron chi connectivity index (χ4n) is 2.35. The van der Waals surface area contributed by atoms with E-state index < -0.39 is 0 Å². The molecule has 0 aliphatic heterocycles. The minimum Gasteiger partial charge on any atom is -0.356 e. The average Bonchev–Trinajstić information content (AvgIpc) is 3.08. The number of aliphatic imine (C=N–C) groups is 1. The van der Waals surface area contributed by atoms with Crippen LogP contribution in [0.2, 0.25) is 0 Å². The van der Waals surface area contributed by atoms with Crippen LogP contribution >= 0.6 is 0 Å². The second-order valence-electron chi connectivity index (χ2n) is 5.65. The smallest absolute Gasteiger partial charge is 0.191 e.